The molecule has 19 heavy (non-hydrogen) atoms. The number of carboxylic acid groups (broad SMARTS) is 1. The lowest BCUT2D eigenvalue weighted by Crippen LogP contribution is -2.53. The number of nitrogens with one attached hydrogen (secondary N) is 1. The molecule has 0 aromatic carbocycles. The van der Waals surface area contributed by atoms with Crippen LogP contribution in [-0.2, 0) is 14.4 Å². The summed E-state index contributed by atoms with van der Waals surface area (Å²) in [7, 11) is 0. The lowest BCUT2D eigenvalue weighted by atomic mass is 10.0. The van der Waals surface area contributed by atoms with Crippen molar-refractivity contribution in [1.82, 2.24) is 10.2 Å². The molecule has 0 radical (unpaired) electrons. The summed E-state index contributed by atoms with van der Waals surface area (Å²) in [6, 6.07) is -1.48. The number of hydrogen-bond donors (Lipinski definition) is 2. The van der Waals surface area contributed by atoms with Gasteiger partial charge in [-0.2, -0.15) is 0 Å². The highest BCUT2D eigenvalue weighted by Crippen LogP contribution is 2.22. The molecule has 7 heteroatoms. The van der Waals surface area contributed by atoms with Gasteiger partial charge in [0.25, 0.3) is 0 Å². The maximum atomic E-state index is 12.1. The second-order valence-corrected chi connectivity index (χ2v) is 5.80. The van der Waals surface area contributed by atoms with Crippen LogP contribution >= 0.6 is 11.8 Å². The first-order valence-corrected chi connectivity index (χ1v) is 7.44. The van der Waals surface area contributed by atoms with Crippen molar-refractivity contribution in [1.29, 1.82) is 0 Å². The van der Waals surface area contributed by atoms with E-state index in [0.29, 0.717) is 18.1 Å². The van der Waals surface area contributed by atoms with Gasteiger partial charge >= 0.3 is 5.97 Å². The van der Waals surface area contributed by atoms with Crippen molar-refractivity contribution < 1.29 is 19.5 Å². The van der Waals surface area contributed by atoms with Crippen molar-refractivity contribution in [3.63, 3.8) is 0 Å². The number of carbonyl (C=O) groups is 3. The normalized spacial score (nSPS) is 20.4. The predicted octanol–water partition coefficient (Wildman–Crippen LogP) is 0.523. The highest BCUT2D eigenvalue weighted by molar-refractivity contribution is 7.99. The number of nitrogens with zero attached hydrogens (tertiary/aromatic N) is 1. The molecule has 0 aromatic heterocycles. The van der Waals surface area contributed by atoms with Gasteiger partial charge in [0.1, 0.15) is 12.1 Å². The molecule has 108 valence electrons. The molecule has 1 aliphatic heterocycles. The first-order chi connectivity index (χ1) is 8.88. The topological polar surface area (TPSA) is 86.7 Å². The minimum atomic E-state index is -1.05. The Bertz CT molecular complexity index is 373. The van der Waals surface area contributed by atoms with Gasteiger partial charge in [-0.15, -0.1) is 11.8 Å². The van der Waals surface area contributed by atoms with Crippen LogP contribution in [0.25, 0.3) is 0 Å². The van der Waals surface area contributed by atoms with Crippen LogP contribution in [0.4, 0.5) is 0 Å². The van der Waals surface area contributed by atoms with Crippen LogP contribution in [0.1, 0.15) is 27.2 Å². The van der Waals surface area contributed by atoms with E-state index in [-0.39, 0.29) is 17.7 Å². The van der Waals surface area contributed by atoms with Gasteiger partial charge in [-0.05, 0) is 5.92 Å². The standard InChI is InChI=1S/C12H20N2O4S/c1-4-9(15)14-6-19-5-8(14)11(16)13-10(7(2)3)12(17)18/h7-8,10H,4-6H2,1-3H3,(H,13,16)(H,17,18)/t8?,10-/m1/s1. The van der Waals surface area contributed by atoms with Gasteiger partial charge in [0, 0.05) is 12.2 Å². The molecule has 0 spiro atoms. The summed E-state index contributed by atoms with van der Waals surface area (Å²) < 4.78 is 0. The fourth-order valence-electron chi connectivity index (χ4n) is 1.87. The second kappa shape index (κ2) is 6.79. The molecule has 0 aromatic rings. The quantitative estimate of drug-likeness (QED) is 0.770. The van der Waals surface area contributed by atoms with Crippen LogP contribution in [-0.4, -0.2) is 51.5 Å². The third kappa shape index (κ3) is 3.86. The van der Waals surface area contributed by atoms with Crippen LogP contribution < -0.4 is 5.32 Å². The molecule has 0 bridgehead atoms. The van der Waals surface area contributed by atoms with Gasteiger partial charge in [-0.3, -0.25) is 9.59 Å². The first kappa shape index (κ1) is 15.8. The number of thioether (sulfide) groups is 1. The molecule has 1 aliphatic rings. The third-order valence-electron chi connectivity index (χ3n) is 3.04. The minimum absolute atomic E-state index is 0.0819. The Hall–Kier alpha value is -1.24. The van der Waals surface area contributed by atoms with Crippen LogP contribution in [0, 0.1) is 5.92 Å². The Morgan fingerprint density at radius 2 is 2.05 bits per heavy atom. The van der Waals surface area contributed by atoms with Gasteiger partial charge in [0.05, 0.1) is 5.88 Å². The SMILES string of the molecule is CCC(=O)N1CSCC1C(=O)N[C@@H](C(=O)O)C(C)C. The lowest BCUT2D eigenvalue weighted by molar-refractivity contribution is -0.144. The smallest absolute Gasteiger partial charge is 0.326 e. The number of carbonyl (C=O) groups excluding carboxylic acids is 2. The Balaban J connectivity index is 2.71. The van der Waals surface area contributed by atoms with Crippen molar-refractivity contribution >= 4 is 29.5 Å². The monoisotopic (exact) mass is 288 g/mol. The Morgan fingerprint density at radius 3 is 2.53 bits per heavy atom. The average molecular weight is 288 g/mol. The van der Waals surface area contributed by atoms with Crippen molar-refractivity contribution in [2.24, 2.45) is 5.92 Å². The van der Waals surface area contributed by atoms with Crippen LogP contribution in [0.3, 0.4) is 0 Å². The van der Waals surface area contributed by atoms with Gasteiger partial charge in [0.15, 0.2) is 0 Å². The summed E-state index contributed by atoms with van der Waals surface area (Å²) in [6.45, 7) is 5.21. The lowest BCUT2D eigenvalue weighted by Gasteiger charge is -2.25. The molecule has 2 amide bonds. The van der Waals surface area contributed by atoms with Gasteiger partial charge in [0.2, 0.25) is 11.8 Å². The minimum Gasteiger partial charge on any atom is -0.480 e. The van der Waals surface area contributed by atoms with E-state index in [0.717, 1.165) is 0 Å². The maximum Gasteiger partial charge on any atom is 0.326 e. The number of carboxylic acids is 1. The zero-order valence-electron chi connectivity index (χ0n) is 11.4. The number of amides is 2. The molecule has 1 fully saturated rings. The van der Waals surface area contributed by atoms with Crippen molar-refractivity contribution in [2.45, 2.75) is 39.3 Å². The van der Waals surface area contributed by atoms with E-state index in [1.807, 2.05) is 0 Å². The molecule has 1 saturated heterocycles. The Labute approximate surface area is 116 Å². The largest absolute Gasteiger partial charge is 0.480 e. The summed E-state index contributed by atoms with van der Waals surface area (Å²) in [6.07, 6.45) is 0.344. The van der Waals surface area contributed by atoms with E-state index in [1.54, 1.807) is 20.8 Å². The number of aliphatic carboxylic acids is 1. The van der Waals surface area contributed by atoms with Gasteiger partial charge in [-0.25, -0.2) is 4.79 Å². The zero-order chi connectivity index (χ0) is 14.6. The Morgan fingerprint density at radius 1 is 1.42 bits per heavy atom. The molecular weight excluding hydrogens is 268 g/mol. The average Bonchev–Trinajstić information content (AvgIpc) is 2.82. The van der Waals surface area contributed by atoms with E-state index in [1.165, 1.54) is 16.7 Å². The number of hydrogen-bond acceptors (Lipinski definition) is 4. The molecule has 6 nitrogen and oxygen atoms in total. The predicted molar refractivity (Wildman–Crippen MR) is 72.7 cm³/mol. The molecule has 1 rings (SSSR count). The van der Waals surface area contributed by atoms with Gasteiger partial charge < -0.3 is 15.3 Å². The molecule has 0 saturated carbocycles. The highest BCUT2D eigenvalue weighted by atomic mass is 32.2. The molecule has 1 unspecified atom stereocenters. The van der Waals surface area contributed by atoms with E-state index in [2.05, 4.69) is 5.32 Å². The summed E-state index contributed by atoms with van der Waals surface area (Å²) in [5, 5.41) is 11.6. The van der Waals surface area contributed by atoms with Gasteiger partial charge in [-0.1, -0.05) is 20.8 Å². The summed E-state index contributed by atoms with van der Waals surface area (Å²) in [5.41, 5.74) is 0. The van der Waals surface area contributed by atoms with E-state index in [9.17, 15) is 14.4 Å². The fourth-order valence-corrected chi connectivity index (χ4v) is 3.05. The summed E-state index contributed by atoms with van der Waals surface area (Å²) >= 11 is 1.50. The second-order valence-electron chi connectivity index (χ2n) is 4.80. The highest BCUT2D eigenvalue weighted by Gasteiger charge is 2.36. The zero-order valence-corrected chi connectivity index (χ0v) is 12.2. The van der Waals surface area contributed by atoms with E-state index >= 15 is 0 Å². The van der Waals surface area contributed by atoms with Crippen molar-refractivity contribution in [3.8, 4) is 0 Å². The fraction of sp³-hybridized carbons (Fsp3) is 0.750. The summed E-state index contributed by atoms with van der Waals surface area (Å²) in [4.78, 5) is 36.4. The van der Waals surface area contributed by atoms with E-state index in [4.69, 9.17) is 5.11 Å². The van der Waals surface area contributed by atoms with Crippen molar-refractivity contribution in [3.05, 3.63) is 0 Å². The third-order valence-corrected chi connectivity index (χ3v) is 4.05. The molecular formula is C12H20N2O4S. The summed E-state index contributed by atoms with van der Waals surface area (Å²) in [5.74, 6) is -0.714. The van der Waals surface area contributed by atoms with Crippen LogP contribution in [0.2, 0.25) is 0 Å². The van der Waals surface area contributed by atoms with Crippen molar-refractivity contribution in [2.75, 3.05) is 11.6 Å². The first-order valence-electron chi connectivity index (χ1n) is 6.28. The number of rotatable bonds is 5. The van der Waals surface area contributed by atoms with Crippen LogP contribution in [0.15, 0.2) is 0 Å². The Kier molecular flexibility index (Phi) is 5.65. The van der Waals surface area contributed by atoms with Crippen LogP contribution in [0.5, 0.6) is 0 Å². The molecule has 2 N–H and O–H groups in total. The van der Waals surface area contributed by atoms with E-state index < -0.39 is 18.1 Å². The molecule has 1 heterocycles. The molecule has 0 aliphatic carbocycles. The maximum absolute atomic E-state index is 12.1. The molecule has 2 atom stereocenters.